The molecule has 0 radical (unpaired) electrons. The Morgan fingerprint density at radius 2 is 1.50 bits per heavy atom. The topological polar surface area (TPSA) is 40.6 Å². The van der Waals surface area contributed by atoms with Crippen molar-refractivity contribution in [2.75, 3.05) is 36.0 Å². The molecule has 3 aromatic rings. The first kappa shape index (κ1) is 16.9. The van der Waals surface area contributed by atoms with E-state index in [-0.39, 0.29) is 10.9 Å². The van der Waals surface area contributed by atoms with Crippen LogP contribution >= 0.6 is 11.6 Å². The van der Waals surface area contributed by atoms with E-state index in [2.05, 4.69) is 11.8 Å². The number of halogens is 1. The maximum absolute atomic E-state index is 12.2. The summed E-state index contributed by atoms with van der Waals surface area (Å²) in [5.41, 5.74) is 3.52. The Labute approximate surface area is 156 Å². The zero-order valence-corrected chi connectivity index (χ0v) is 15.3. The fourth-order valence-electron chi connectivity index (χ4n) is 3.65. The van der Waals surface area contributed by atoms with Crippen LogP contribution in [0.1, 0.15) is 5.56 Å². The van der Waals surface area contributed by atoms with Crippen molar-refractivity contribution < 1.29 is 0 Å². The van der Waals surface area contributed by atoms with Gasteiger partial charge in [0.15, 0.2) is 0 Å². The zero-order chi connectivity index (χ0) is 18.3. The van der Waals surface area contributed by atoms with Gasteiger partial charge in [-0.25, -0.2) is 0 Å². The van der Waals surface area contributed by atoms with E-state index >= 15 is 0 Å². The van der Waals surface area contributed by atoms with Gasteiger partial charge in [-0.2, -0.15) is 0 Å². The van der Waals surface area contributed by atoms with Crippen molar-refractivity contribution >= 4 is 23.0 Å². The largest absolute Gasteiger partial charge is 0.368 e. The van der Waals surface area contributed by atoms with E-state index in [1.165, 1.54) is 5.56 Å². The van der Waals surface area contributed by atoms with E-state index in [0.29, 0.717) is 24.3 Å². The summed E-state index contributed by atoms with van der Waals surface area (Å²) in [5.74, 6) is 0. The molecule has 1 heterocycles. The van der Waals surface area contributed by atoms with Gasteiger partial charge in [0.1, 0.15) is 5.69 Å². The zero-order valence-electron chi connectivity index (χ0n) is 14.5. The van der Waals surface area contributed by atoms with Crippen LogP contribution in [0.15, 0.2) is 58.1 Å². The highest BCUT2D eigenvalue weighted by atomic mass is 35.5. The van der Waals surface area contributed by atoms with Gasteiger partial charge in [0.2, 0.25) is 10.9 Å². The van der Waals surface area contributed by atoms with Gasteiger partial charge < -0.3 is 9.80 Å². The molecule has 1 fully saturated rings. The summed E-state index contributed by atoms with van der Waals surface area (Å²) in [4.78, 5) is 28.7. The Morgan fingerprint density at radius 3 is 2.19 bits per heavy atom. The molecule has 132 valence electrons. The van der Waals surface area contributed by atoms with E-state index in [4.69, 9.17) is 11.6 Å². The Hall–Kier alpha value is -2.59. The lowest BCUT2D eigenvalue weighted by molar-refractivity contribution is 0.649. The van der Waals surface area contributed by atoms with Crippen LogP contribution in [0.5, 0.6) is 0 Å². The van der Waals surface area contributed by atoms with Crippen LogP contribution in [-0.2, 0) is 0 Å². The standard InChI is InChI=1S/C21H19ClN2O2/c1-14-7-8-16(22)13-17(14)23-9-11-24(12-10-23)19-18(20(25)21(19)26)15-5-3-2-4-6-15/h2-8,13H,9-12H2,1H3. The average molecular weight is 367 g/mol. The Balaban J connectivity index is 1.57. The van der Waals surface area contributed by atoms with E-state index in [1.807, 2.05) is 53.4 Å². The number of anilines is 2. The summed E-state index contributed by atoms with van der Waals surface area (Å²) in [6.07, 6.45) is 0. The van der Waals surface area contributed by atoms with Gasteiger partial charge in [-0.05, 0) is 30.2 Å². The third-order valence-corrected chi connectivity index (χ3v) is 5.29. The number of piperazine rings is 1. The number of hydrogen-bond donors (Lipinski definition) is 0. The predicted octanol–water partition coefficient (Wildman–Crippen LogP) is 3.24. The highest BCUT2D eigenvalue weighted by Crippen LogP contribution is 2.29. The molecule has 26 heavy (non-hydrogen) atoms. The second-order valence-electron chi connectivity index (χ2n) is 6.65. The molecule has 4 nitrogen and oxygen atoms in total. The summed E-state index contributed by atoms with van der Waals surface area (Å²) in [6.45, 7) is 5.05. The Morgan fingerprint density at radius 1 is 0.846 bits per heavy atom. The average Bonchev–Trinajstić information content (AvgIpc) is 2.68. The highest BCUT2D eigenvalue weighted by molar-refractivity contribution is 6.30. The molecule has 0 unspecified atom stereocenters. The van der Waals surface area contributed by atoms with Gasteiger partial charge in [0.25, 0.3) is 0 Å². The quantitative estimate of drug-likeness (QED) is 0.667. The van der Waals surface area contributed by atoms with Crippen LogP contribution in [0.2, 0.25) is 5.02 Å². The SMILES string of the molecule is Cc1ccc(Cl)cc1N1CCN(c2c(-c3ccccc3)c(=O)c2=O)CC1. The Kier molecular flexibility index (Phi) is 4.29. The van der Waals surface area contributed by atoms with Gasteiger partial charge in [0.05, 0.1) is 5.56 Å². The molecular formula is C21H19ClN2O2. The molecular weight excluding hydrogens is 348 g/mol. The molecule has 0 aliphatic carbocycles. The second-order valence-corrected chi connectivity index (χ2v) is 7.09. The number of nitrogens with zero attached hydrogens (tertiary/aromatic N) is 2. The lowest BCUT2D eigenvalue weighted by Gasteiger charge is -2.38. The molecule has 1 aliphatic heterocycles. The number of hydrogen-bond acceptors (Lipinski definition) is 4. The molecule has 0 amide bonds. The molecule has 3 aromatic carbocycles. The summed E-state index contributed by atoms with van der Waals surface area (Å²) < 4.78 is 0. The molecule has 1 saturated heterocycles. The van der Waals surface area contributed by atoms with Gasteiger partial charge in [-0.3, -0.25) is 9.59 Å². The summed E-state index contributed by atoms with van der Waals surface area (Å²) in [5, 5.41) is 0.724. The molecule has 0 saturated carbocycles. The second kappa shape index (κ2) is 6.61. The molecule has 0 spiro atoms. The molecule has 5 heteroatoms. The van der Waals surface area contributed by atoms with Gasteiger partial charge in [-0.1, -0.05) is 48.0 Å². The third kappa shape index (κ3) is 2.80. The van der Waals surface area contributed by atoms with Crippen molar-refractivity contribution in [3.63, 3.8) is 0 Å². The van der Waals surface area contributed by atoms with Crippen LogP contribution in [0.4, 0.5) is 11.4 Å². The van der Waals surface area contributed by atoms with Gasteiger partial charge >= 0.3 is 0 Å². The van der Waals surface area contributed by atoms with Crippen LogP contribution < -0.4 is 20.7 Å². The summed E-state index contributed by atoms with van der Waals surface area (Å²) in [6, 6.07) is 15.3. The molecule has 0 atom stereocenters. The maximum Gasteiger partial charge on any atom is 0.250 e. The van der Waals surface area contributed by atoms with Gasteiger partial charge in [-0.15, -0.1) is 0 Å². The normalized spacial score (nSPS) is 14.8. The van der Waals surface area contributed by atoms with Crippen molar-refractivity contribution in [3.05, 3.63) is 79.6 Å². The minimum atomic E-state index is -0.376. The fraction of sp³-hybridized carbons (Fsp3) is 0.238. The minimum absolute atomic E-state index is 0.365. The maximum atomic E-state index is 12.2. The summed E-state index contributed by atoms with van der Waals surface area (Å²) in [7, 11) is 0. The van der Waals surface area contributed by atoms with Crippen molar-refractivity contribution in [2.45, 2.75) is 6.92 Å². The molecule has 0 bridgehead atoms. The molecule has 1 aliphatic rings. The highest BCUT2D eigenvalue weighted by Gasteiger charge is 2.29. The monoisotopic (exact) mass is 366 g/mol. The van der Waals surface area contributed by atoms with Crippen molar-refractivity contribution in [1.82, 2.24) is 0 Å². The van der Waals surface area contributed by atoms with E-state index in [1.54, 1.807) is 0 Å². The molecule has 4 rings (SSSR count). The third-order valence-electron chi connectivity index (χ3n) is 5.06. The summed E-state index contributed by atoms with van der Waals surface area (Å²) >= 11 is 6.14. The first-order valence-corrected chi connectivity index (χ1v) is 9.09. The van der Waals surface area contributed by atoms with Crippen LogP contribution in [0.25, 0.3) is 11.1 Å². The lowest BCUT2D eigenvalue weighted by Crippen LogP contribution is -2.51. The molecule has 0 N–H and O–H groups in total. The lowest BCUT2D eigenvalue weighted by atomic mass is 9.97. The van der Waals surface area contributed by atoms with Crippen LogP contribution in [0, 0.1) is 6.92 Å². The number of rotatable bonds is 3. The predicted molar refractivity (Wildman–Crippen MR) is 107 cm³/mol. The van der Waals surface area contributed by atoms with Crippen LogP contribution in [-0.4, -0.2) is 26.2 Å². The van der Waals surface area contributed by atoms with Crippen LogP contribution in [0.3, 0.4) is 0 Å². The van der Waals surface area contributed by atoms with E-state index < -0.39 is 0 Å². The van der Waals surface area contributed by atoms with Crippen molar-refractivity contribution in [1.29, 1.82) is 0 Å². The Bertz CT molecular complexity index is 1010. The molecule has 0 aromatic heterocycles. The van der Waals surface area contributed by atoms with E-state index in [9.17, 15) is 9.59 Å². The smallest absolute Gasteiger partial charge is 0.250 e. The first-order chi connectivity index (χ1) is 12.6. The number of aryl methyl sites for hydroxylation is 1. The first-order valence-electron chi connectivity index (χ1n) is 8.71. The van der Waals surface area contributed by atoms with Gasteiger partial charge in [0, 0.05) is 36.9 Å². The minimum Gasteiger partial charge on any atom is -0.368 e. The van der Waals surface area contributed by atoms with E-state index in [0.717, 1.165) is 29.4 Å². The van der Waals surface area contributed by atoms with Crippen molar-refractivity contribution in [2.24, 2.45) is 0 Å². The fourth-order valence-corrected chi connectivity index (χ4v) is 3.81. The van der Waals surface area contributed by atoms with Crippen molar-refractivity contribution in [3.8, 4) is 11.1 Å². The number of benzene rings is 2.